The van der Waals surface area contributed by atoms with E-state index in [1.807, 2.05) is 18.2 Å². The Labute approximate surface area is 137 Å². The Morgan fingerprint density at radius 3 is 2.90 bits per heavy atom. The number of carbonyl (C=O) groups is 1. The molecule has 3 rings (SSSR count). The molecule has 0 atom stereocenters. The number of hydrogen-bond donors (Lipinski definition) is 0. The Morgan fingerprint density at radius 1 is 1.24 bits per heavy atom. The first-order valence-electron chi connectivity index (χ1n) is 6.86. The zero-order valence-electron chi connectivity index (χ0n) is 11.4. The fourth-order valence-corrected chi connectivity index (χ4v) is 3.37. The van der Waals surface area contributed by atoms with Crippen LogP contribution in [0, 0.1) is 0 Å². The van der Waals surface area contributed by atoms with Gasteiger partial charge in [-0.1, -0.05) is 39.7 Å². The Morgan fingerprint density at radius 2 is 2.10 bits per heavy atom. The third-order valence-electron chi connectivity index (χ3n) is 3.58. The molecule has 0 amide bonds. The lowest BCUT2D eigenvalue weighted by molar-refractivity contribution is 0.0983. The van der Waals surface area contributed by atoms with E-state index in [2.05, 4.69) is 22.0 Å². The Balaban J connectivity index is 1.68. The number of aryl methyl sites for hydroxylation is 1. The highest BCUT2D eigenvalue weighted by Gasteiger charge is 2.13. The number of fused-ring (bicyclic) bond motifs is 1. The van der Waals surface area contributed by atoms with Crippen LogP contribution < -0.4 is 4.74 Å². The third kappa shape index (κ3) is 3.47. The molecule has 1 heterocycles. The second-order valence-corrected chi connectivity index (χ2v) is 6.47. The van der Waals surface area contributed by atoms with Crippen molar-refractivity contribution in [3.8, 4) is 5.75 Å². The van der Waals surface area contributed by atoms with Gasteiger partial charge < -0.3 is 4.74 Å². The summed E-state index contributed by atoms with van der Waals surface area (Å²) in [6, 6.07) is 11.5. The second-order valence-electron chi connectivity index (χ2n) is 5.12. The van der Waals surface area contributed by atoms with Gasteiger partial charge in [0.05, 0.1) is 6.61 Å². The maximum atomic E-state index is 12.3. The summed E-state index contributed by atoms with van der Waals surface area (Å²) in [5.41, 5.74) is 3.07. The molecule has 0 radical (unpaired) electrons. The van der Waals surface area contributed by atoms with Crippen molar-refractivity contribution in [2.45, 2.75) is 19.3 Å². The van der Waals surface area contributed by atoms with Gasteiger partial charge in [0.1, 0.15) is 5.75 Å². The fraction of sp³-hybridized carbons (Fsp3) is 0.235. The number of carbonyl (C=O) groups excluding carboxylic acids is 1. The van der Waals surface area contributed by atoms with Crippen molar-refractivity contribution in [3.63, 3.8) is 0 Å². The second kappa shape index (κ2) is 6.20. The van der Waals surface area contributed by atoms with Gasteiger partial charge in [-0.05, 0) is 41.8 Å². The predicted molar refractivity (Wildman–Crippen MR) is 87.4 cm³/mol. The van der Waals surface area contributed by atoms with Gasteiger partial charge in [0, 0.05) is 27.9 Å². The SMILES string of the molecule is O=C(CCc1ccc2c(c1)CCO2)c1cc(Cl)cc(Br)c1. The standard InChI is InChI=1S/C17H14BrClO2/c18-14-8-13(9-15(19)10-14)16(20)3-1-11-2-4-17-12(7-11)5-6-21-17/h2,4,7-10H,1,3,5-6H2. The first kappa shape index (κ1) is 14.6. The lowest BCUT2D eigenvalue weighted by atomic mass is 10.0. The van der Waals surface area contributed by atoms with Gasteiger partial charge in [-0.15, -0.1) is 0 Å². The van der Waals surface area contributed by atoms with Crippen LogP contribution in [0.3, 0.4) is 0 Å². The first-order valence-corrected chi connectivity index (χ1v) is 8.03. The molecule has 0 saturated heterocycles. The van der Waals surface area contributed by atoms with E-state index in [0.29, 0.717) is 17.0 Å². The molecular formula is C17H14BrClO2. The molecule has 0 spiro atoms. The van der Waals surface area contributed by atoms with Gasteiger partial charge in [-0.2, -0.15) is 0 Å². The maximum absolute atomic E-state index is 12.3. The van der Waals surface area contributed by atoms with Crippen molar-refractivity contribution in [2.75, 3.05) is 6.61 Å². The largest absolute Gasteiger partial charge is 0.493 e. The van der Waals surface area contributed by atoms with Crippen LogP contribution >= 0.6 is 27.5 Å². The van der Waals surface area contributed by atoms with E-state index >= 15 is 0 Å². The quantitative estimate of drug-likeness (QED) is 0.724. The number of rotatable bonds is 4. The van der Waals surface area contributed by atoms with Gasteiger partial charge >= 0.3 is 0 Å². The maximum Gasteiger partial charge on any atom is 0.163 e. The molecule has 4 heteroatoms. The molecule has 0 N–H and O–H groups in total. The lowest BCUT2D eigenvalue weighted by Gasteiger charge is -2.05. The molecule has 1 aliphatic heterocycles. The summed E-state index contributed by atoms with van der Waals surface area (Å²) in [6.07, 6.45) is 2.17. The van der Waals surface area contributed by atoms with Crippen molar-refractivity contribution >= 4 is 33.3 Å². The molecule has 0 bridgehead atoms. The number of benzene rings is 2. The zero-order valence-corrected chi connectivity index (χ0v) is 13.7. The number of halogens is 2. The van der Waals surface area contributed by atoms with E-state index < -0.39 is 0 Å². The molecule has 2 nitrogen and oxygen atoms in total. The molecule has 108 valence electrons. The van der Waals surface area contributed by atoms with Crippen LogP contribution in [0.2, 0.25) is 5.02 Å². The third-order valence-corrected chi connectivity index (χ3v) is 4.26. The van der Waals surface area contributed by atoms with E-state index in [-0.39, 0.29) is 5.78 Å². The monoisotopic (exact) mass is 364 g/mol. The minimum atomic E-state index is 0.106. The highest BCUT2D eigenvalue weighted by Crippen LogP contribution is 2.26. The predicted octanol–water partition coefficient (Wildman–Crippen LogP) is 4.85. The van der Waals surface area contributed by atoms with Crippen LogP contribution in [0.5, 0.6) is 5.75 Å². The molecule has 21 heavy (non-hydrogen) atoms. The summed E-state index contributed by atoms with van der Waals surface area (Å²) in [5.74, 6) is 1.08. The topological polar surface area (TPSA) is 26.3 Å². The molecule has 2 aromatic rings. The van der Waals surface area contributed by atoms with E-state index in [1.165, 1.54) is 11.1 Å². The lowest BCUT2D eigenvalue weighted by Crippen LogP contribution is -2.01. The molecule has 0 aromatic heterocycles. The van der Waals surface area contributed by atoms with Gasteiger partial charge in [0.15, 0.2) is 5.78 Å². The number of ether oxygens (including phenoxy) is 1. The van der Waals surface area contributed by atoms with Gasteiger partial charge in [0.2, 0.25) is 0 Å². The van der Waals surface area contributed by atoms with Crippen molar-refractivity contribution in [3.05, 3.63) is 62.6 Å². The summed E-state index contributed by atoms with van der Waals surface area (Å²) < 4.78 is 6.31. The molecule has 2 aromatic carbocycles. The summed E-state index contributed by atoms with van der Waals surface area (Å²) in [4.78, 5) is 12.3. The summed E-state index contributed by atoms with van der Waals surface area (Å²) >= 11 is 9.34. The Kier molecular flexibility index (Phi) is 4.32. The van der Waals surface area contributed by atoms with Gasteiger partial charge in [0.25, 0.3) is 0 Å². The van der Waals surface area contributed by atoms with Crippen LogP contribution in [0.4, 0.5) is 0 Å². The average molecular weight is 366 g/mol. The van der Waals surface area contributed by atoms with E-state index in [0.717, 1.165) is 29.7 Å². The number of ketones is 1. The highest BCUT2D eigenvalue weighted by atomic mass is 79.9. The van der Waals surface area contributed by atoms with Crippen LogP contribution in [-0.4, -0.2) is 12.4 Å². The molecule has 0 unspecified atom stereocenters. The molecule has 0 saturated carbocycles. The minimum Gasteiger partial charge on any atom is -0.493 e. The Hall–Kier alpha value is -1.32. The number of Topliss-reactive ketones (excluding diaryl/α,β-unsaturated/α-hetero) is 1. The van der Waals surface area contributed by atoms with Crippen LogP contribution in [0.1, 0.15) is 27.9 Å². The highest BCUT2D eigenvalue weighted by molar-refractivity contribution is 9.10. The number of hydrogen-bond acceptors (Lipinski definition) is 2. The van der Waals surface area contributed by atoms with E-state index in [9.17, 15) is 4.79 Å². The summed E-state index contributed by atoms with van der Waals surface area (Å²) in [5, 5.41) is 0.572. The van der Waals surface area contributed by atoms with Crippen LogP contribution in [0.15, 0.2) is 40.9 Å². The molecule has 0 aliphatic carbocycles. The average Bonchev–Trinajstić information content (AvgIpc) is 2.91. The fourth-order valence-electron chi connectivity index (χ4n) is 2.51. The van der Waals surface area contributed by atoms with Crippen molar-refractivity contribution in [2.24, 2.45) is 0 Å². The van der Waals surface area contributed by atoms with Crippen molar-refractivity contribution < 1.29 is 9.53 Å². The van der Waals surface area contributed by atoms with Crippen molar-refractivity contribution in [1.82, 2.24) is 0 Å². The van der Waals surface area contributed by atoms with E-state index in [4.69, 9.17) is 16.3 Å². The first-order chi connectivity index (χ1) is 10.1. The van der Waals surface area contributed by atoms with E-state index in [1.54, 1.807) is 12.1 Å². The normalized spacial score (nSPS) is 12.9. The molecular weight excluding hydrogens is 352 g/mol. The Bertz CT molecular complexity index is 677. The van der Waals surface area contributed by atoms with Crippen LogP contribution in [-0.2, 0) is 12.8 Å². The molecule has 1 aliphatic rings. The van der Waals surface area contributed by atoms with Gasteiger partial charge in [-0.3, -0.25) is 4.79 Å². The minimum absolute atomic E-state index is 0.106. The molecule has 0 fully saturated rings. The van der Waals surface area contributed by atoms with Crippen molar-refractivity contribution in [1.29, 1.82) is 0 Å². The summed E-state index contributed by atoms with van der Waals surface area (Å²) in [7, 11) is 0. The van der Waals surface area contributed by atoms with Gasteiger partial charge in [-0.25, -0.2) is 0 Å². The summed E-state index contributed by atoms with van der Waals surface area (Å²) in [6.45, 7) is 0.758. The van der Waals surface area contributed by atoms with Crippen LogP contribution in [0.25, 0.3) is 0 Å². The smallest absolute Gasteiger partial charge is 0.163 e. The zero-order chi connectivity index (χ0) is 14.8.